The van der Waals surface area contributed by atoms with Crippen LogP contribution < -0.4 is 5.32 Å². The first-order valence-electron chi connectivity index (χ1n) is 5.85. The Morgan fingerprint density at radius 3 is 2.69 bits per heavy atom. The van der Waals surface area contributed by atoms with Gasteiger partial charge in [-0.05, 0) is 24.8 Å². The second-order valence-electron chi connectivity index (χ2n) is 3.71. The molecule has 1 aromatic carbocycles. The van der Waals surface area contributed by atoms with E-state index in [9.17, 15) is 4.39 Å². The van der Waals surface area contributed by atoms with Gasteiger partial charge in [0.15, 0.2) is 0 Å². The zero-order valence-corrected chi connectivity index (χ0v) is 10.8. The highest BCUT2D eigenvalue weighted by Gasteiger charge is 2.13. The van der Waals surface area contributed by atoms with Gasteiger partial charge in [-0.1, -0.05) is 32.0 Å². The summed E-state index contributed by atoms with van der Waals surface area (Å²) in [7, 11) is 0. The Morgan fingerprint density at radius 1 is 1.31 bits per heavy atom. The summed E-state index contributed by atoms with van der Waals surface area (Å²) in [5, 5.41) is 3.34. The lowest BCUT2D eigenvalue weighted by molar-refractivity contribution is 0.545. The average molecular weight is 241 g/mol. The van der Waals surface area contributed by atoms with Gasteiger partial charge in [0.2, 0.25) is 0 Å². The van der Waals surface area contributed by atoms with E-state index >= 15 is 0 Å². The highest BCUT2D eigenvalue weighted by atomic mass is 32.2. The second-order valence-corrected chi connectivity index (χ2v) is 4.86. The number of hydrogen-bond donors (Lipinski definition) is 1. The molecule has 1 unspecified atom stereocenters. The predicted octanol–water partition coefficient (Wildman–Crippen LogP) is 3.62. The fraction of sp³-hybridized carbons (Fsp3) is 0.538. The van der Waals surface area contributed by atoms with Gasteiger partial charge in [0, 0.05) is 17.4 Å². The zero-order chi connectivity index (χ0) is 11.8. The molecule has 0 aliphatic carbocycles. The van der Waals surface area contributed by atoms with Gasteiger partial charge in [-0.2, -0.15) is 11.8 Å². The molecule has 0 saturated heterocycles. The lowest BCUT2D eigenvalue weighted by atomic mass is 10.1. The average Bonchev–Trinajstić information content (AvgIpc) is 2.29. The van der Waals surface area contributed by atoms with Crippen LogP contribution >= 0.6 is 11.8 Å². The van der Waals surface area contributed by atoms with Gasteiger partial charge in [-0.15, -0.1) is 0 Å². The number of halogens is 1. The van der Waals surface area contributed by atoms with Gasteiger partial charge in [-0.25, -0.2) is 4.39 Å². The second kappa shape index (κ2) is 7.69. The van der Waals surface area contributed by atoms with Crippen LogP contribution in [0.3, 0.4) is 0 Å². The molecule has 16 heavy (non-hydrogen) atoms. The lowest BCUT2D eigenvalue weighted by Crippen LogP contribution is -2.24. The molecule has 1 atom stereocenters. The molecule has 0 aliphatic rings. The topological polar surface area (TPSA) is 12.0 Å². The monoisotopic (exact) mass is 241 g/mol. The van der Waals surface area contributed by atoms with E-state index in [0.29, 0.717) is 0 Å². The van der Waals surface area contributed by atoms with Gasteiger partial charge < -0.3 is 5.32 Å². The molecule has 0 aromatic heterocycles. The fourth-order valence-corrected chi connectivity index (χ4v) is 2.60. The van der Waals surface area contributed by atoms with Crippen molar-refractivity contribution in [2.75, 3.05) is 18.1 Å². The van der Waals surface area contributed by atoms with E-state index in [4.69, 9.17) is 0 Å². The van der Waals surface area contributed by atoms with Crippen LogP contribution in [-0.2, 0) is 0 Å². The Labute approximate surface area is 102 Å². The van der Waals surface area contributed by atoms with Gasteiger partial charge in [0.05, 0.1) is 0 Å². The minimum Gasteiger partial charge on any atom is -0.309 e. The Kier molecular flexibility index (Phi) is 6.50. The van der Waals surface area contributed by atoms with E-state index in [1.54, 1.807) is 6.07 Å². The van der Waals surface area contributed by atoms with Crippen LogP contribution in [0.15, 0.2) is 24.3 Å². The molecule has 0 amide bonds. The third kappa shape index (κ3) is 4.14. The van der Waals surface area contributed by atoms with Crippen molar-refractivity contribution >= 4 is 11.8 Å². The van der Waals surface area contributed by atoms with Crippen molar-refractivity contribution in [1.82, 2.24) is 5.32 Å². The van der Waals surface area contributed by atoms with Crippen LogP contribution in [0.2, 0.25) is 0 Å². The summed E-state index contributed by atoms with van der Waals surface area (Å²) in [6.45, 7) is 5.09. The normalized spacial score (nSPS) is 12.7. The zero-order valence-electron chi connectivity index (χ0n) is 10.0. The Balaban J connectivity index is 2.65. The standard InChI is InChI=1S/C13H20FNS/c1-3-9-16-10-13(15-4-2)11-7-5-6-8-12(11)14/h5-8,13,15H,3-4,9-10H2,1-2H3. The summed E-state index contributed by atoms with van der Waals surface area (Å²) in [4.78, 5) is 0. The molecule has 0 spiro atoms. The molecule has 1 N–H and O–H groups in total. The third-order valence-corrected chi connectivity index (χ3v) is 3.63. The molecule has 0 fully saturated rings. The van der Waals surface area contributed by atoms with Crippen LogP contribution in [0.1, 0.15) is 31.9 Å². The maximum atomic E-state index is 13.6. The van der Waals surface area contributed by atoms with Crippen molar-refractivity contribution in [1.29, 1.82) is 0 Å². The quantitative estimate of drug-likeness (QED) is 0.732. The first-order chi connectivity index (χ1) is 7.79. The molecule has 1 rings (SSSR count). The van der Waals surface area contributed by atoms with E-state index in [-0.39, 0.29) is 11.9 Å². The smallest absolute Gasteiger partial charge is 0.128 e. The Hall–Kier alpha value is -0.540. The van der Waals surface area contributed by atoms with Crippen molar-refractivity contribution in [2.45, 2.75) is 26.3 Å². The van der Waals surface area contributed by atoms with Crippen LogP contribution in [0, 0.1) is 5.82 Å². The number of thioether (sulfide) groups is 1. The van der Waals surface area contributed by atoms with Crippen LogP contribution in [0.25, 0.3) is 0 Å². The molecule has 1 nitrogen and oxygen atoms in total. The summed E-state index contributed by atoms with van der Waals surface area (Å²) < 4.78 is 13.6. The van der Waals surface area contributed by atoms with E-state index in [1.807, 2.05) is 23.9 Å². The molecule has 90 valence electrons. The Bertz CT molecular complexity index is 304. The summed E-state index contributed by atoms with van der Waals surface area (Å²) in [6.07, 6.45) is 1.17. The summed E-state index contributed by atoms with van der Waals surface area (Å²) >= 11 is 1.88. The molecule has 0 saturated carbocycles. The Morgan fingerprint density at radius 2 is 2.06 bits per heavy atom. The number of nitrogens with one attached hydrogen (secondary N) is 1. The SMILES string of the molecule is CCCSCC(NCC)c1ccccc1F. The molecule has 3 heteroatoms. The first-order valence-corrected chi connectivity index (χ1v) is 7.00. The first kappa shape index (κ1) is 13.5. The predicted molar refractivity (Wildman–Crippen MR) is 70.4 cm³/mol. The molecule has 1 aromatic rings. The van der Waals surface area contributed by atoms with Crippen LogP contribution in [0.5, 0.6) is 0 Å². The highest BCUT2D eigenvalue weighted by molar-refractivity contribution is 7.99. The van der Waals surface area contributed by atoms with E-state index in [1.165, 1.54) is 12.5 Å². The largest absolute Gasteiger partial charge is 0.309 e. The van der Waals surface area contributed by atoms with Gasteiger partial charge >= 0.3 is 0 Å². The minimum atomic E-state index is -0.106. The number of benzene rings is 1. The lowest BCUT2D eigenvalue weighted by Gasteiger charge is -2.18. The molecular formula is C13H20FNS. The molecular weight excluding hydrogens is 221 g/mol. The molecule has 0 bridgehead atoms. The summed E-state index contributed by atoms with van der Waals surface area (Å²) in [5.41, 5.74) is 0.785. The van der Waals surface area contributed by atoms with E-state index in [2.05, 4.69) is 19.2 Å². The molecule has 0 heterocycles. The third-order valence-electron chi connectivity index (χ3n) is 2.36. The van der Waals surface area contributed by atoms with Crippen molar-refractivity contribution in [2.24, 2.45) is 0 Å². The fourth-order valence-electron chi connectivity index (χ4n) is 1.61. The van der Waals surface area contributed by atoms with Crippen molar-refractivity contribution in [3.8, 4) is 0 Å². The van der Waals surface area contributed by atoms with Gasteiger partial charge in [-0.3, -0.25) is 0 Å². The number of rotatable bonds is 7. The van der Waals surface area contributed by atoms with Gasteiger partial charge in [0.25, 0.3) is 0 Å². The van der Waals surface area contributed by atoms with Gasteiger partial charge in [0.1, 0.15) is 5.82 Å². The molecule has 0 radical (unpaired) electrons. The van der Waals surface area contributed by atoms with Crippen LogP contribution in [0.4, 0.5) is 4.39 Å². The van der Waals surface area contributed by atoms with E-state index < -0.39 is 0 Å². The summed E-state index contributed by atoms with van der Waals surface area (Å²) in [6, 6.07) is 7.16. The van der Waals surface area contributed by atoms with Crippen molar-refractivity contribution in [3.63, 3.8) is 0 Å². The van der Waals surface area contributed by atoms with Crippen LogP contribution in [-0.4, -0.2) is 18.1 Å². The summed E-state index contributed by atoms with van der Waals surface area (Å²) in [5.74, 6) is 1.96. The van der Waals surface area contributed by atoms with Crippen molar-refractivity contribution in [3.05, 3.63) is 35.6 Å². The number of hydrogen-bond acceptors (Lipinski definition) is 2. The van der Waals surface area contributed by atoms with E-state index in [0.717, 1.165) is 23.6 Å². The maximum Gasteiger partial charge on any atom is 0.128 e. The maximum absolute atomic E-state index is 13.6. The molecule has 0 aliphatic heterocycles. The van der Waals surface area contributed by atoms with Crippen molar-refractivity contribution < 1.29 is 4.39 Å². The minimum absolute atomic E-state index is 0.106. The highest BCUT2D eigenvalue weighted by Crippen LogP contribution is 2.21.